The molecule has 2 aliphatic rings. The summed E-state index contributed by atoms with van der Waals surface area (Å²) in [6, 6.07) is 14.8. The first kappa shape index (κ1) is 39.2. The zero-order valence-corrected chi connectivity index (χ0v) is 32.1. The fraction of sp³-hybridized carbons (Fsp3) is 0.382. The molecule has 1 aliphatic heterocycles. The summed E-state index contributed by atoms with van der Waals surface area (Å²) in [5.74, 6) is 0.480. The minimum atomic E-state index is -4.97. The van der Waals surface area contributed by atoms with Crippen molar-refractivity contribution in [3.63, 3.8) is 0 Å². The van der Waals surface area contributed by atoms with Crippen LogP contribution in [0.25, 0.3) is 33.4 Å². The third-order valence-electron chi connectivity index (χ3n) is 8.87. The van der Waals surface area contributed by atoms with Crippen molar-refractivity contribution in [1.29, 1.82) is 0 Å². The van der Waals surface area contributed by atoms with Gasteiger partial charge in [-0.3, -0.25) is 13.8 Å². The molecule has 0 saturated heterocycles. The van der Waals surface area contributed by atoms with Crippen LogP contribution >= 0.6 is 7.68 Å². The maximum Gasteiger partial charge on any atom is 0.367 e. The van der Waals surface area contributed by atoms with Gasteiger partial charge in [-0.1, -0.05) is 11.3 Å². The monoisotopic (exact) mass is 777 g/mol. The second-order valence-corrected chi connectivity index (χ2v) is 17.1. The van der Waals surface area contributed by atoms with Gasteiger partial charge in [-0.15, -0.1) is 5.10 Å². The Morgan fingerprint density at radius 3 is 2.37 bits per heavy atom. The fourth-order valence-corrected chi connectivity index (χ4v) is 8.64. The molecule has 52 heavy (non-hydrogen) atoms. The van der Waals surface area contributed by atoms with Crippen LogP contribution in [0.2, 0.25) is 0 Å². The highest BCUT2D eigenvalue weighted by molar-refractivity contribution is 7.89. The molecule has 1 unspecified atom stereocenters. The first-order valence-corrected chi connectivity index (χ1v) is 21.5. The van der Waals surface area contributed by atoms with E-state index in [1.807, 2.05) is 64.1 Å². The average molecular weight is 778 g/mol. The van der Waals surface area contributed by atoms with E-state index in [1.165, 1.54) is 23.0 Å². The molecule has 1 aliphatic carbocycles. The molecule has 2 aromatic carbocycles. The van der Waals surface area contributed by atoms with Gasteiger partial charge >= 0.3 is 7.68 Å². The van der Waals surface area contributed by atoms with Crippen LogP contribution in [0.3, 0.4) is 0 Å². The Morgan fingerprint density at radius 1 is 1.00 bits per heavy atom. The molecule has 5 rings (SSSR count). The molecule has 0 spiro atoms. The van der Waals surface area contributed by atoms with Crippen LogP contribution in [0, 0.1) is 0 Å². The molecule has 0 radical (unpaired) electrons. The molecule has 2 N–H and O–H groups in total. The second-order valence-electron chi connectivity index (χ2n) is 12.0. The Hall–Kier alpha value is -3.99. The maximum atomic E-state index is 13.6. The molecule has 3 aromatic rings. The Bertz CT molecular complexity index is 2390. The number of fused-ring (bicyclic) bond motifs is 2. The van der Waals surface area contributed by atoms with Crippen LogP contribution in [0.1, 0.15) is 39.8 Å². The summed E-state index contributed by atoms with van der Waals surface area (Å²) in [6.45, 7) is 11.0. The zero-order chi connectivity index (χ0) is 37.8. The van der Waals surface area contributed by atoms with Crippen LogP contribution in [0.5, 0.6) is 0 Å². The first-order chi connectivity index (χ1) is 24.6. The van der Waals surface area contributed by atoms with Gasteiger partial charge in [0.1, 0.15) is 29.3 Å². The summed E-state index contributed by atoms with van der Waals surface area (Å²) >= 11 is 0. The van der Waals surface area contributed by atoms with Crippen molar-refractivity contribution in [2.75, 3.05) is 44.4 Å². The molecule has 2 heterocycles. The fourth-order valence-electron chi connectivity index (χ4n) is 6.11. The van der Waals surface area contributed by atoms with E-state index in [9.17, 15) is 30.2 Å². The summed E-state index contributed by atoms with van der Waals surface area (Å²) in [5, 5.41) is 9.27. The van der Waals surface area contributed by atoms with E-state index < -0.39 is 37.6 Å². The van der Waals surface area contributed by atoms with E-state index >= 15 is 0 Å². The molecule has 14 nitrogen and oxygen atoms in total. The number of anilines is 1. The third-order valence-corrected chi connectivity index (χ3v) is 12.6. The van der Waals surface area contributed by atoms with Gasteiger partial charge in [0.05, 0.1) is 29.4 Å². The molecule has 18 heteroatoms. The lowest BCUT2D eigenvalue weighted by Gasteiger charge is -2.22. The van der Waals surface area contributed by atoms with Crippen molar-refractivity contribution in [3.05, 3.63) is 71.8 Å². The van der Waals surface area contributed by atoms with Crippen LogP contribution in [0.15, 0.2) is 75.0 Å². The smallest absolute Gasteiger partial charge is 0.367 e. The number of aromatic nitrogens is 3. The van der Waals surface area contributed by atoms with Gasteiger partial charge in [-0.25, -0.2) is 17.7 Å². The van der Waals surface area contributed by atoms with E-state index in [0.717, 1.165) is 50.4 Å². The van der Waals surface area contributed by atoms with Crippen molar-refractivity contribution in [2.24, 2.45) is 0 Å². The van der Waals surface area contributed by atoms with Crippen LogP contribution in [-0.2, 0) is 42.3 Å². The lowest BCUT2D eigenvalue weighted by atomic mass is 9.93. The maximum absolute atomic E-state index is 13.6. The second kappa shape index (κ2) is 15.9. The standard InChI is InChI=1S/C34H42FN6O8PS2/c1-6-39(7-2)25-11-14-28-31(19-25)49-32-20-26(40(8-3)9-4)12-15-29(32)34(28)30-16-13-27(21-33(30)52(45,46)47)51(43,44)36-22-24-23-41(38-37-24)17-10-18-50(35,42)48-5/h11-16,19-21,23,36H,6-10,17-18,22H2,1-5H3/p+1. The predicted octanol–water partition coefficient (Wildman–Crippen LogP) is 5.38. The lowest BCUT2D eigenvalue weighted by Crippen LogP contribution is -2.29. The normalized spacial score (nSPS) is 13.4. The SMILES string of the molecule is CCN(CC)c1ccc2c(-c3ccc(S(=O)(=O)NCc4cn(CCCP(=O)(F)OC)nn4)cc3S(=O)(=O)O)c3ccc(=[N+](CC)CC)cc-3oc2c1. The van der Waals surface area contributed by atoms with E-state index in [1.54, 1.807) is 0 Å². The van der Waals surface area contributed by atoms with Crippen molar-refractivity contribution >= 4 is 44.5 Å². The highest BCUT2D eigenvalue weighted by Gasteiger charge is 2.27. The minimum absolute atomic E-state index is 0.0904. The van der Waals surface area contributed by atoms with Gasteiger partial charge < -0.3 is 13.8 Å². The molecule has 280 valence electrons. The molecule has 0 saturated carbocycles. The number of nitrogens with zero attached hydrogens (tertiary/aromatic N) is 5. The summed E-state index contributed by atoms with van der Waals surface area (Å²) in [7, 11) is -12.4. The van der Waals surface area contributed by atoms with Crippen LogP contribution in [-0.4, -0.2) is 75.8 Å². The van der Waals surface area contributed by atoms with E-state index in [-0.39, 0.29) is 36.9 Å². The number of nitrogens with one attached hydrogen (secondary N) is 1. The molecule has 0 bridgehead atoms. The van der Waals surface area contributed by atoms with Crippen LogP contribution in [0.4, 0.5) is 9.88 Å². The van der Waals surface area contributed by atoms with Gasteiger partial charge in [0.25, 0.3) is 10.1 Å². The summed E-state index contributed by atoms with van der Waals surface area (Å²) in [5.41, 5.74) is 2.72. The van der Waals surface area contributed by atoms with E-state index in [4.69, 9.17) is 4.42 Å². The molecule has 1 atom stereocenters. The van der Waals surface area contributed by atoms with E-state index in [0.29, 0.717) is 27.9 Å². The number of hydrogen-bond donors (Lipinski definition) is 2. The third kappa shape index (κ3) is 8.62. The van der Waals surface area contributed by atoms with Crippen molar-refractivity contribution in [1.82, 2.24) is 24.3 Å². The van der Waals surface area contributed by atoms with Gasteiger partial charge in [0, 0.05) is 72.8 Å². The number of aryl methyl sites for hydroxylation is 1. The minimum Gasteiger partial charge on any atom is -0.456 e. The summed E-state index contributed by atoms with van der Waals surface area (Å²) < 4.78 is 105. The van der Waals surface area contributed by atoms with Crippen molar-refractivity contribution in [3.8, 4) is 22.5 Å². The first-order valence-electron chi connectivity index (χ1n) is 16.8. The molecular weight excluding hydrogens is 735 g/mol. The summed E-state index contributed by atoms with van der Waals surface area (Å²) in [6.07, 6.45) is 1.28. The van der Waals surface area contributed by atoms with Crippen LogP contribution < -0.4 is 19.6 Å². The number of rotatable bonds is 16. The van der Waals surface area contributed by atoms with E-state index in [2.05, 4.69) is 29.0 Å². The Balaban J connectivity index is 1.58. The van der Waals surface area contributed by atoms with Gasteiger partial charge in [-0.05, 0) is 64.4 Å². The Kier molecular flexibility index (Phi) is 12.0. The number of halogens is 1. The summed E-state index contributed by atoms with van der Waals surface area (Å²) in [4.78, 5) is 1.14. The number of benzene rings is 3. The topological polar surface area (TPSA) is 177 Å². The highest BCUT2D eigenvalue weighted by atomic mass is 32.2. The Morgan fingerprint density at radius 2 is 1.71 bits per heavy atom. The van der Waals surface area contributed by atoms with Gasteiger partial charge in [0.2, 0.25) is 15.4 Å². The highest BCUT2D eigenvalue weighted by Crippen LogP contribution is 2.48. The number of sulfonamides is 1. The molecular formula is C34H43FN6O8PS2+. The molecule has 1 aromatic heterocycles. The van der Waals surface area contributed by atoms with Gasteiger partial charge in [-0.2, -0.15) is 12.6 Å². The molecule has 0 fully saturated rings. The van der Waals surface area contributed by atoms with Gasteiger partial charge in [0.15, 0.2) is 0 Å². The van der Waals surface area contributed by atoms with Crippen molar-refractivity contribution < 1.29 is 39.1 Å². The lowest BCUT2D eigenvalue weighted by molar-refractivity contribution is 0.353. The largest absolute Gasteiger partial charge is 0.456 e. The Labute approximate surface area is 302 Å². The van der Waals surface area contributed by atoms with Crippen molar-refractivity contribution in [2.45, 2.75) is 57.0 Å². The zero-order valence-electron chi connectivity index (χ0n) is 29.6. The number of hydrogen-bond acceptors (Lipinski definition) is 10. The average Bonchev–Trinajstić information content (AvgIpc) is 3.57. The predicted molar refractivity (Wildman–Crippen MR) is 197 cm³/mol. The quantitative estimate of drug-likeness (QED) is 0.0570. The molecule has 0 amide bonds.